The van der Waals surface area contributed by atoms with Gasteiger partial charge >= 0.3 is 0 Å². The zero-order valence-electron chi connectivity index (χ0n) is 9.65. The molecule has 0 atom stereocenters. The van der Waals surface area contributed by atoms with Gasteiger partial charge in [0.25, 0.3) is 15.9 Å². The van der Waals surface area contributed by atoms with Gasteiger partial charge in [0.15, 0.2) is 5.03 Å². The Morgan fingerprint density at radius 2 is 1.89 bits per heavy atom. The van der Waals surface area contributed by atoms with Gasteiger partial charge in [-0.2, -0.15) is 0 Å². The first-order valence-corrected chi connectivity index (χ1v) is 6.68. The van der Waals surface area contributed by atoms with Crippen LogP contribution in [0.1, 0.15) is 10.4 Å². The third-order valence-electron chi connectivity index (χ3n) is 2.37. The normalized spacial score (nSPS) is 11.2. The maximum atomic E-state index is 11.3. The second kappa shape index (κ2) is 4.75. The average Bonchev–Trinajstić information content (AvgIpc) is 2.38. The second-order valence-electron chi connectivity index (χ2n) is 3.69. The number of amides is 1. The van der Waals surface area contributed by atoms with E-state index in [2.05, 4.69) is 9.97 Å². The number of aromatic nitrogens is 2. The van der Waals surface area contributed by atoms with Gasteiger partial charge in [0.2, 0.25) is 0 Å². The van der Waals surface area contributed by atoms with E-state index in [1.807, 2.05) is 0 Å². The summed E-state index contributed by atoms with van der Waals surface area (Å²) in [6.45, 7) is 0. The SMILES string of the molecule is NC(=O)c1cccnc1-c1ccnc(S(N)(=O)=O)c1. The number of hydrogen-bond acceptors (Lipinski definition) is 5. The van der Waals surface area contributed by atoms with Crippen LogP contribution >= 0.6 is 0 Å². The van der Waals surface area contributed by atoms with Crippen LogP contribution in [0.25, 0.3) is 11.3 Å². The first-order valence-electron chi connectivity index (χ1n) is 5.13. The van der Waals surface area contributed by atoms with Crippen molar-refractivity contribution in [2.45, 2.75) is 5.03 Å². The highest BCUT2D eigenvalue weighted by Gasteiger charge is 2.15. The monoisotopic (exact) mass is 278 g/mol. The van der Waals surface area contributed by atoms with Crippen molar-refractivity contribution >= 4 is 15.9 Å². The minimum Gasteiger partial charge on any atom is -0.366 e. The number of primary sulfonamides is 1. The minimum absolute atomic E-state index is 0.189. The predicted octanol–water partition coefficient (Wildman–Crippen LogP) is -0.110. The molecule has 0 bridgehead atoms. The molecule has 0 saturated carbocycles. The van der Waals surface area contributed by atoms with Crippen LogP contribution in [-0.2, 0) is 10.0 Å². The molecular weight excluding hydrogens is 268 g/mol. The van der Waals surface area contributed by atoms with Gasteiger partial charge in [0.05, 0.1) is 11.3 Å². The Hall–Kier alpha value is -2.32. The summed E-state index contributed by atoms with van der Waals surface area (Å²) >= 11 is 0. The number of nitrogens with zero attached hydrogens (tertiary/aromatic N) is 2. The molecule has 1 amide bonds. The molecule has 8 heteroatoms. The smallest absolute Gasteiger partial charge is 0.255 e. The van der Waals surface area contributed by atoms with Gasteiger partial charge in [-0.15, -0.1) is 0 Å². The van der Waals surface area contributed by atoms with E-state index in [4.69, 9.17) is 10.9 Å². The lowest BCUT2D eigenvalue weighted by atomic mass is 10.1. The van der Waals surface area contributed by atoms with E-state index in [9.17, 15) is 13.2 Å². The topological polar surface area (TPSA) is 129 Å². The van der Waals surface area contributed by atoms with Gasteiger partial charge in [-0.1, -0.05) is 0 Å². The fraction of sp³-hybridized carbons (Fsp3) is 0. The summed E-state index contributed by atoms with van der Waals surface area (Å²) in [5.41, 5.74) is 6.10. The van der Waals surface area contributed by atoms with Crippen molar-refractivity contribution < 1.29 is 13.2 Å². The van der Waals surface area contributed by atoms with Crippen LogP contribution in [0.5, 0.6) is 0 Å². The van der Waals surface area contributed by atoms with E-state index in [0.717, 1.165) is 0 Å². The Kier molecular flexibility index (Phi) is 3.28. The van der Waals surface area contributed by atoms with E-state index >= 15 is 0 Å². The van der Waals surface area contributed by atoms with Crippen molar-refractivity contribution in [1.29, 1.82) is 0 Å². The second-order valence-corrected chi connectivity index (χ2v) is 5.20. The summed E-state index contributed by atoms with van der Waals surface area (Å²) in [4.78, 5) is 19.0. The van der Waals surface area contributed by atoms with E-state index < -0.39 is 15.9 Å². The third kappa shape index (κ3) is 2.75. The molecule has 2 heterocycles. The van der Waals surface area contributed by atoms with Crippen molar-refractivity contribution in [1.82, 2.24) is 9.97 Å². The summed E-state index contributed by atoms with van der Waals surface area (Å²) in [5.74, 6) is -0.655. The molecule has 0 aliphatic carbocycles. The molecule has 2 aromatic rings. The van der Waals surface area contributed by atoms with E-state index in [1.54, 1.807) is 6.07 Å². The number of hydrogen-bond donors (Lipinski definition) is 2. The van der Waals surface area contributed by atoms with E-state index in [1.165, 1.54) is 30.6 Å². The highest BCUT2D eigenvalue weighted by Crippen LogP contribution is 2.21. The van der Waals surface area contributed by atoms with Crippen molar-refractivity contribution in [2.75, 3.05) is 0 Å². The van der Waals surface area contributed by atoms with Gasteiger partial charge < -0.3 is 5.73 Å². The molecule has 2 aromatic heterocycles. The van der Waals surface area contributed by atoms with Gasteiger partial charge in [0.1, 0.15) is 0 Å². The molecule has 0 aliphatic rings. The molecule has 0 saturated heterocycles. The summed E-state index contributed by atoms with van der Waals surface area (Å²) in [5, 5.41) is 4.70. The number of sulfonamides is 1. The predicted molar refractivity (Wildman–Crippen MR) is 67.4 cm³/mol. The molecule has 98 valence electrons. The minimum atomic E-state index is -3.92. The van der Waals surface area contributed by atoms with Gasteiger partial charge in [0, 0.05) is 18.0 Å². The fourth-order valence-electron chi connectivity index (χ4n) is 1.55. The molecule has 0 spiro atoms. The number of primary amides is 1. The molecule has 0 radical (unpaired) electrons. The van der Waals surface area contributed by atoms with E-state index in [-0.39, 0.29) is 16.3 Å². The van der Waals surface area contributed by atoms with Gasteiger partial charge in [-0.25, -0.2) is 18.5 Å². The largest absolute Gasteiger partial charge is 0.366 e. The maximum absolute atomic E-state index is 11.3. The van der Waals surface area contributed by atoms with Crippen molar-refractivity contribution in [3.05, 3.63) is 42.2 Å². The molecule has 2 rings (SSSR count). The van der Waals surface area contributed by atoms with E-state index in [0.29, 0.717) is 5.56 Å². The molecule has 7 nitrogen and oxygen atoms in total. The Balaban J connectivity index is 2.64. The first kappa shape index (κ1) is 13.1. The van der Waals surface area contributed by atoms with Crippen molar-refractivity contribution in [3.63, 3.8) is 0 Å². The zero-order chi connectivity index (χ0) is 14.0. The zero-order valence-corrected chi connectivity index (χ0v) is 10.5. The maximum Gasteiger partial charge on any atom is 0.255 e. The van der Waals surface area contributed by atoms with Crippen LogP contribution in [0.3, 0.4) is 0 Å². The number of nitrogens with two attached hydrogens (primary N) is 2. The highest BCUT2D eigenvalue weighted by molar-refractivity contribution is 7.89. The Morgan fingerprint density at radius 3 is 2.53 bits per heavy atom. The molecule has 0 unspecified atom stereocenters. The van der Waals surface area contributed by atoms with Crippen molar-refractivity contribution in [3.8, 4) is 11.3 Å². The number of carbonyl (C=O) groups excluding carboxylic acids is 1. The summed E-state index contributed by atoms with van der Waals surface area (Å²) in [6.07, 6.45) is 2.74. The number of carbonyl (C=O) groups is 1. The molecule has 4 N–H and O–H groups in total. The Labute approximate surface area is 109 Å². The lowest BCUT2D eigenvalue weighted by Crippen LogP contribution is -2.15. The van der Waals surface area contributed by atoms with Crippen LogP contribution in [0.4, 0.5) is 0 Å². The van der Waals surface area contributed by atoms with Gasteiger partial charge in [-0.05, 0) is 24.3 Å². The number of rotatable bonds is 3. The lowest BCUT2D eigenvalue weighted by molar-refractivity contribution is 0.100. The summed E-state index contributed by atoms with van der Waals surface area (Å²) in [7, 11) is -3.92. The average molecular weight is 278 g/mol. The van der Waals surface area contributed by atoms with Crippen LogP contribution in [0.15, 0.2) is 41.7 Å². The standard InChI is InChI=1S/C11H10N4O3S/c12-11(16)8-2-1-4-15-10(8)7-3-5-14-9(6-7)19(13,17)18/h1-6H,(H2,12,16)(H2,13,17,18). The Bertz CT molecular complexity index is 743. The molecular formula is C11H10N4O3S. The summed E-state index contributed by atoms with van der Waals surface area (Å²) < 4.78 is 22.5. The molecule has 0 aromatic carbocycles. The molecule has 0 fully saturated rings. The molecule has 0 aliphatic heterocycles. The van der Waals surface area contributed by atoms with Crippen LogP contribution in [0, 0.1) is 0 Å². The molecule has 19 heavy (non-hydrogen) atoms. The van der Waals surface area contributed by atoms with Crippen LogP contribution in [-0.4, -0.2) is 24.3 Å². The van der Waals surface area contributed by atoms with Crippen LogP contribution in [0.2, 0.25) is 0 Å². The summed E-state index contributed by atoms with van der Waals surface area (Å²) in [6, 6.07) is 5.82. The van der Waals surface area contributed by atoms with Gasteiger partial charge in [-0.3, -0.25) is 9.78 Å². The first-order chi connectivity index (χ1) is 8.89. The highest BCUT2D eigenvalue weighted by atomic mass is 32.2. The quantitative estimate of drug-likeness (QED) is 0.809. The fourth-order valence-corrected chi connectivity index (χ4v) is 2.05. The Morgan fingerprint density at radius 1 is 1.16 bits per heavy atom. The van der Waals surface area contributed by atoms with Crippen molar-refractivity contribution in [2.24, 2.45) is 10.9 Å². The number of pyridine rings is 2. The lowest BCUT2D eigenvalue weighted by Gasteiger charge is -2.06. The third-order valence-corrected chi connectivity index (χ3v) is 3.18. The van der Waals surface area contributed by atoms with Crippen LogP contribution < -0.4 is 10.9 Å².